The number of pyridine rings is 1. The first-order valence-electron chi connectivity index (χ1n) is 6.57. The van der Waals surface area contributed by atoms with Gasteiger partial charge < -0.3 is 10.4 Å². The van der Waals surface area contributed by atoms with Crippen LogP contribution < -0.4 is 5.32 Å². The molecule has 0 spiro atoms. The molecule has 0 aliphatic rings. The summed E-state index contributed by atoms with van der Waals surface area (Å²) >= 11 is 0. The Balaban J connectivity index is 1.90. The zero-order valence-corrected chi connectivity index (χ0v) is 11.7. The number of carbonyl (C=O) groups is 1. The number of carbonyl (C=O) groups excluding carboxylic acids is 1. The predicted molar refractivity (Wildman–Crippen MR) is 73.7 cm³/mol. The number of amides is 1. The molecule has 6 nitrogen and oxygen atoms in total. The van der Waals surface area contributed by atoms with Gasteiger partial charge in [-0.15, -0.1) is 0 Å². The number of hydrogen-bond donors (Lipinski definition) is 2. The molecule has 0 fully saturated rings. The molecule has 0 aliphatic carbocycles. The van der Waals surface area contributed by atoms with Crippen molar-refractivity contribution in [2.24, 2.45) is 7.05 Å². The molecule has 1 atom stereocenters. The van der Waals surface area contributed by atoms with Crippen molar-refractivity contribution in [1.82, 2.24) is 20.1 Å². The van der Waals surface area contributed by atoms with E-state index < -0.39 is 11.9 Å². The predicted octanol–water partition coefficient (Wildman–Crippen LogP) is 0.737. The number of halogens is 1. The molecular formula is C14H17FN4O2. The standard InChI is InChI=1S/C14H17FN4O2/c1-19-13(4-5-17-19)12(9-20)18-14(21)3-2-10-6-11(15)8-16-7-10/h4-8,12,20H,2-3,9H2,1H3,(H,18,21). The monoisotopic (exact) mass is 292 g/mol. The summed E-state index contributed by atoms with van der Waals surface area (Å²) in [6.07, 6.45) is 4.83. The van der Waals surface area contributed by atoms with Crippen LogP contribution in [-0.4, -0.2) is 32.4 Å². The Bertz CT molecular complexity index is 615. The maximum Gasteiger partial charge on any atom is 0.220 e. The summed E-state index contributed by atoms with van der Waals surface area (Å²) < 4.78 is 14.6. The fourth-order valence-corrected chi connectivity index (χ4v) is 2.06. The summed E-state index contributed by atoms with van der Waals surface area (Å²) in [4.78, 5) is 15.6. The van der Waals surface area contributed by atoms with E-state index in [1.807, 2.05) is 0 Å². The van der Waals surface area contributed by atoms with Gasteiger partial charge in [0.2, 0.25) is 5.91 Å². The summed E-state index contributed by atoms with van der Waals surface area (Å²) in [6.45, 7) is -0.215. The van der Waals surface area contributed by atoms with Crippen LogP contribution in [0, 0.1) is 5.82 Å². The number of rotatable bonds is 6. The molecule has 0 saturated heterocycles. The van der Waals surface area contributed by atoms with Gasteiger partial charge in [0, 0.05) is 25.9 Å². The molecule has 0 aromatic carbocycles. The number of aliphatic hydroxyl groups is 1. The third-order valence-corrected chi connectivity index (χ3v) is 3.14. The van der Waals surface area contributed by atoms with Crippen LogP contribution in [0.25, 0.3) is 0 Å². The van der Waals surface area contributed by atoms with Crippen molar-refractivity contribution in [1.29, 1.82) is 0 Å². The number of nitrogens with one attached hydrogen (secondary N) is 1. The summed E-state index contributed by atoms with van der Waals surface area (Å²) in [5.41, 5.74) is 1.38. The minimum atomic E-state index is -0.504. The molecule has 0 aliphatic heterocycles. The van der Waals surface area contributed by atoms with Crippen LogP contribution in [0.4, 0.5) is 4.39 Å². The van der Waals surface area contributed by atoms with Crippen LogP contribution in [0.2, 0.25) is 0 Å². The molecule has 2 N–H and O–H groups in total. The van der Waals surface area contributed by atoms with E-state index in [1.54, 1.807) is 24.0 Å². The van der Waals surface area contributed by atoms with Crippen LogP contribution in [0.15, 0.2) is 30.7 Å². The highest BCUT2D eigenvalue weighted by molar-refractivity contribution is 5.76. The first-order chi connectivity index (χ1) is 10.1. The minimum Gasteiger partial charge on any atom is -0.394 e. The highest BCUT2D eigenvalue weighted by Crippen LogP contribution is 2.11. The average molecular weight is 292 g/mol. The lowest BCUT2D eigenvalue weighted by molar-refractivity contribution is -0.122. The number of aryl methyl sites for hydroxylation is 2. The fraction of sp³-hybridized carbons (Fsp3) is 0.357. The molecule has 112 valence electrons. The topological polar surface area (TPSA) is 80.0 Å². The third kappa shape index (κ3) is 4.09. The SMILES string of the molecule is Cn1nccc1C(CO)NC(=O)CCc1cncc(F)c1. The van der Waals surface area contributed by atoms with E-state index in [0.29, 0.717) is 12.0 Å². The Morgan fingerprint density at radius 1 is 1.52 bits per heavy atom. The third-order valence-electron chi connectivity index (χ3n) is 3.14. The molecule has 0 bridgehead atoms. The number of hydrogen-bond acceptors (Lipinski definition) is 4. The second kappa shape index (κ2) is 6.94. The van der Waals surface area contributed by atoms with Crippen LogP contribution in [0.1, 0.15) is 23.7 Å². The van der Waals surface area contributed by atoms with Crippen molar-refractivity contribution in [3.8, 4) is 0 Å². The van der Waals surface area contributed by atoms with Crippen molar-refractivity contribution in [2.45, 2.75) is 18.9 Å². The molecular weight excluding hydrogens is 275 g/mol. The fourth-order valence-electron chi connectivity index (χ4n) is 2.06. The van der Waals surface area contributed by atoms with E-state index in [2.05, 4.69) is 15.4 Å². The number of aliphatic hydroxyl groups excluding tert-OH is 1. The van der Waals surface area contributed by atoms with Gasteiger partial charge in [0.1, 0.15) is 5.82 Å². The van der Waals surface area contributed by atoms with Gasteiger partial charge >= 0.3 is 0 Å². The second-order valence-electron chi connectivity index (χ2n) is 4.69. The van der Waals surface area contributed by atoms with E-state index in [0.717, 1.165) is 11.9 Å². The van der Waals surface area contributed by atoms with E-state index in [-0.39, 0.29) is 18.9 Å². The summed E-state index contributed by atoms with van der Waals surface area (Å²) in [5, 5.41) is 16.1. The van der Waals surface area contributed by atoms with Crippen molar-refractivity contribution < 1.29 is 14.3 Å². The molecule has 1 amide bonds. The summed E-state index contributed by atoms with van der Waals surface area (Å²) in [7, 11) is 1.74. The molecule has 2 heterocycles. The average Bonchev–Trinajstić information content (AvgIpc) is 2.89. The normalized spacial score (nSPS) is 12.1. The van der Waals surface area contributed by atoms with Gasteiger partial charge in [-0.25, -0.2) is 4.39 Å². The van der Waals surface area contributed by atoms with Gasteiger partial charge in [-0.3, -0.25) is 14.5 Å². The molecule has 2 aromatic rings. The van der Waals surface area contributed by atoms with Crippen LogP contribution in [0.5, 0.6) is 0 Å². The van der Waals surface area contributed by atoms with Crippen molar-refractivity contribution >= 4 is 5.91 Å². The maximum absolute atomic E-state index is 13.0. The Morgan fingerprint density at radius 2 is 2.33 bits per heavy atom. The first kappa shape index (κ1) is 15.1. The minimum absolute atomic E-state index is 0.194. The number of nitrogens with zero attached hydrogens (tertiary/aromatic N) is 3. The van der Waals surface area contributed by atoms with Gasteiger partial charge in [-0.1, -0.05) is 0 Å². The van der Waals surface area contributed by atoms with E-state index >= 15 is 0 Å². The molecule has 7 heteroatoms. The maximum atomic E-state index is 13.0. The van der Waals surface area contributed by atoms with Crippen molar-refractivity contribution in [2.75, 3.05) is 6.61 Å². The lowest BCUT2D eigenvalue weighted by Crippen LogP contribution is -2.32. The molecule has 2 rings (SSSR count). The van der Waals surface area contributed by atoms with Crippen LogP contribution in [0.3, 0.4) is 0 Å². The molecule has 0 radical (unpaired) electrons. The zero-order valence-electron chi connectivity index (χ0n) is 11.7. The quantitative estimate of drug-likeness (QED) is 0.823. The Kier molecular flexibility index (Phi) is 4.99. The summed E-state index contributed by atoms with van der Waals surface area (Å²) in [5.74, 6) is -0.643. The van der Waals surface area contributed by atoms with Crippen LogP contribution in [-0.2, 0) is 18.3 Å². The lowest BCUT2D eigenvalue weighted by atomic mass is 10.1. The molecule has 0 saturated carbocycles. The van der Waals surface area contributed by atoms with Gasteiger partial charge in [0.05, 0.1) is 24.5 Å². The van der Waals surface area contributed by atoms with Crippen LogP contribution >= 0.6 is 0 Å². The highest BCUT2D eigenvalue weighted by Gasteiger charge is 2.16. The van der Waals surface area contributed by atoms with E-state index in [4.69, 9.17) is 0 Å². The zero-order chi connectivity index (χ0) is 15.2. The molecule has 2 aromatic heterocycles. The summed E-state index contributed by atoms with van der Waals surface area (Å²) in [6, 6.07) is 2.58. The first-order valence-corrected chi connectivity index (χ1v) is 6.57. The molecule has 21 heavy (non-hydrogen) atoms. The van der Waals surface area contributed by atoms with Gasteiger partial charge in [0.15, 0.2) is 0 Å². The van der Waals surface area contributed by atoms with Gasteiger partial charge in [-0.2, -0.15) is 5.10 Å². The van der Waals surface area contributed by atoms with Gasteiger partial charge in [-0.05, 0) is 24.1 Å². The van der Waals surface area contributed by atoms with E-state index in [9.17, 15) is 14.3 Å². The lowest BCUT2D eigenvalue weighted by Gasteiger charge is -2.16. The van der Waals surface area contributed by atoms with Crippen molar-refractivity contribution in [3.05, 3.63) is 47.8 Å². The Labute approximate surface area is 121 Å². The van der Waals surface area contributed by atoms with Crippen molar-refractivity contribution in [3.63, 3.8) is 0 Å². The Hall–Kier alpha value is -2.28. The smallest absolute Gasteiger partial charge is 0.220 e. The second-order valence-corrected chi connectivity index (χ2v) is 4.69. The Morgan fingerprint density at radius 3 is 2.95 bits per heavy atom. The van der Waals surface area contributed by atoms with E-state index in [1.165, 1.54) is 12.3 Å². The molecule has 1 unspecified atom stereocenters. The number of aromatic nitrogens is 3. The van der Waals surface area contributed by atoms with Gasteiger partial charge in [0.25, 0.3) is 0 Å². The largest absolute Gasteiger partial charge is 0.394 e. The highest BCUT2D eigenvalue weighted by atomic mass is 19.1.